The van der Waals surface area contributed by atoms with E-state index in [0.717, 1.165) is 10.5 Å². The highest BCUT2D eigenvalue weighted by Gasteiger charge is 2.09. The zero-order chi connectivity index (χ0) is 9.26. The molecule has 2 aromatic rings. The van der Waals surface area contributed by atoms with E-state index < -0.39 is 0 Å². The van der Waals surface area contributed by atoms with Crippen LogP contribution in [0.25, 0.3) is 10.2 Å². The summed E-state index contributed by atoms with van der Waals surface area (Å²) in [4.78, 5) is 0. The molecule has 0 bridgehead atoms. The minimum Gasteiger partial charge on any atom is -0.177 e. The molecule has 1 aromatic carbocycles. The molecule has 1 nitrogen and oxygen atoms in total. The first kappa shape index (κ1) is 8.55. The Morgan fingerprint density at radius 3 is 3.15 bits per heavy atom. The van der Waals surface area contributed by atoms with Crippen molar-refractivity contribution < 1.29 is 4.57 Å². The van der Waals surface area contributed by atoms with Crippen LogP contribution in [-0.2, 0) is 6.54 Å². The summed E-state index contributed by atoms with van der Waals surface area (Å²) in [5, 5.41) is 0.766. The third-order valence-electron chi connectivity index (χ3n) is 1.80. The van der Waals surface area contributed by atoms with Crippen molar-refractivity contribution >= 4 is 33.2 Å². The van der Waals surface area contributed by atoms with E-state index in [9.17, 15) is 0 Å². The summed E-state index contributed by atoms with van der Waals surface area (Å²) in [6.45, 7) is 0.613. The van der Waals surface area contributed by atoms with Gasteiger partial charge in [0.15, 0.2) is 0 Å². The van der Waals surface area contributed by atoms with E-state index in [4.69, 9.17) is 18.0 Å². The number of nitrogens with zero attached hydrogens (tertiary/aromatic N) is 1. The van der Waals surface area contributed by atoms with E-state index >= 15 is 0 Å². The van der Waals surface area contributed by atoms with Crippen LogP contribution < -0.4 is 4.57 Å². The first-order chi connectivity index (χ1) is 6.31. The minimum atomic E-state index is 0.613. The van der Waals surface area contributed by atoms with Crippen molar-refractivity contribution in [3.8, 4) is 12.3 Å². The lowest BCUT2D eigenvalue weighted by Crippen LogP contribution is -2.30. The van der Waals surface area contributed by atoms with Gasteiger partial charge in [-0.15, -0.1) is 6.42 Å². The second-order valence-corrected chi connectivity index (χ2v) is 3.99. The first-order valence-corrected chi connectivity index (χ1v) is 5.06. The number of halogens is 1. The Labute approximate surface area is 85.6 Å². The average Bonchev–Trinajstić information content (AvgIpc) is 2.49. The summed E-state index contributed by atoms with van der Waals surface area (Å²) in [7, 11) is 0. The van der Waals surface area contributed by atoms with Gasteiger partial charge in [0.05, 0.1) is 0 Å². The Kier molecular flexibility index (Phi) is 2.22. The zero-order valence-electron chi connectivity index (χ0n) is 6.83. The Morgan fingerprint density at radius 2 is 2.38 bits per heavy atom. The molecule has 13 heavy (non-hydrogen) atoms. The third kappa shape index (κ3) is 1.53. The lowest BCUT2D eigenvalue weighted by atomic mass is 10.3. The highest BCUT2D eigenvalue weighted by atomic mass is 35.5. The Morgan fingerprint density at radius 1 is 1.54 bits per heavy atom. The summed E-state index contributed by atoms with van der Waals surface area (Å²) in [5.41, 5.74) is 3.16. The standard InChI is InChI=1S/C10H7ClNS/c1-2-5-12-7-13-10-6-8(11)3-4-9(10)12/h1,3-4,6-7H,5H2/q+1. The predicted molar refractivity (Wildman–Crippen MR) is 55.9 cm³/mol. The highest BCUT2D eigenvalue weighted by molar-refractivity contribution is 7.16. The van der Waals surface area contributed by atoms with Crippen LogP contribution in [0.1, 0.15) is 0 Å². The maximum Gasteiger partial charge on any atom is 0.226 e. The van der Waals surface area contributed by atoms with Crippen molar-refractivity contribution in [2.75, 3.05) is 0 Å². The quantitative estimate of drug-likeness (QED) is 0.501. The van der Waals surface area contributed by atoms with Gasteiger partial charge in [-0.3, -0.25) is 0 Å². The number of hydrogen-bond acceptors (Lipinski definition) is 1. The van der Waals surface area contributed by atoms with Gasteiger partial charge in [0, 0.05) is 11.1 Å². The summed E-state index contributed by atoms with van der Waals surface area (Å²) >= 11 is 7.51. The van der Waals surface area contributed by atoms with Crippen molar-refractivity contribution in [3.63, 3.8) is 0 Å². The normalized spacial score (nSPS) is 10.2. The zero-order valence-corrected chi connectivity index (χ0v) is 8.40. The van der Waals surface area contributed by atoms with E-state index in [1.54, 1.807) is 11.3 Å². The minimum absolute atomic E-state index is 0.613. The summed E-state index contributed by atoms with van der Waals surface area (Å²) in [5.74, 6) is 2.61. The molecule has 0 aliphatic heterocycles. The van der Waals surface area contributed by atoms with Gasteiger partial charge in [-0.05, 0) is 18.1 Å². The van der Waals surface area contributed by atoms with Crippen molar-refractivity contribution in [3.05, 3.63) is 28.7 Å². The average molecular weight is 209 g/mol. The second-order valence-electron chi connectivity index (χ2n) is 2.67. The van der Waals surface area contributed by atoms with Crippen molar-refractivity contribution in [1.29, 1.82) is 0 Å². The molecule has 64 valence electrons. The molecule has 1 heterocycles. The largest absolute Gasteiger partial charge is 0.226 e. The van der Waals surface area contributed by atoms with E-state index in [1.807, 2.05) is 28.3 Å². The number of benzene rings is 1. The molecule has 0 aliphatic rings. The number of terminal acetylenes is 1. The van der Waals surface area contributed by atoms with E-state index in [1.165, 1.54) is 4.70 Å². The van der Waals surface area contributed by atoms with Crippen molar-refractivity contribution in [1.82, 2.24) is 0 Å². The molecule has 0 saturated heterocycles. The van der Waals surface area contributed by atoms with Gasteiger partial charge >= 0.3 is 0 Å². The van der Waals surface area contributed by atoms with Gasteiger partial charge in [0.1, 0.15) is 4.70 Å². The summed E-state index contributed by atoms with van der Waals surface area (Å²) in [6, 6.07) is 5.82. The van der Waals surface area contributed by atoms with E-state index in [-0.39, 0.29) is 0 Å². The van der Waals surface area contributed by atoms with Crippen LogP contribution in [0.15, 0.2) is 23.7 Å². The lowest BCUT2D eigenvalue weighted by Gasteiger charge is -1.88. The number of rotatable bonds is 1. The highest BCUT2D eigenvalue weighted by Crippen LogP contribution is 2.20. The molecule has 0 radical (unpaired) electrons. The SMILES string of the molecule is C#CC[n+]1csc2cc(Cl)ccc21. The lowest BCUT2D eigenvalue weighted by molar-refractivity contribution is -0.654. The molecule has 0 atom stereocenters. The Balaban J connectivity index is 2.63. The fourth-order valence-electron chi connectivity index (χ4n) is 1.22. The molecular formula is C10H7ClNS+. The smallest absolute Gasteiger partial charge is 0.177 e. The molecule has 0 N–H and O–H groups in total. The summed E-state index contributed by atoms with van der Waals surface area (Å²) in [6.07, 6.45) is 5.25. The van der Waals surface area contributed by atoms with Gasteiger partial charge in [-0.1, -0.05) is 22.9 Å². The molecule has 0 fully saturated rings. The molecule has 3 heteroatoms. The van der Waals surface area contributed by atoms with Crippen molar-refractivity contribution in [2.45, 2.75) is 6.54 Å². The number of hydrogen-bond donors (Lipinski definition) is 0. The predicted octanol–water partition coefficient (Wildman–Crippen LogP) is 2.48. The van der Waals surface area contributed by atoms with E-state index in [0.29, 0.717) is 6.54 Å². The first-order valence-electron chi connectivity index (χ1n) is 3.81. The van der Waals surface area contributed by atoms with Crippen LogP contribution in [0, 0.1) is 12.3 Å². The molecule has 0 spiro atoms. The van der Waals surface area contributed by atoms with Crippen LogP contribution in [0.3, 0.4) is 0 Å². The second kappa shape index (κ2) is 3.37. The molecule has 0 amide bonds. The Hall–Kier alpha value is -1.04. The number of fused-ring (bicyclic) bond motifs is 1. The molecule has 0 aliphatic carbocycles. The van der Waals surface area contributed by atoms with Crippen LogP contribution in [-0.4, -0.2) is 0 Å². The van der Waals surface area contributed by atoms with Gasteiger partial charge < -0.3 is 0 Å². The fraction of sp³-hybridized carbons (Fsp3) is 0.100. The van der Waals surface area contributed by atoms with Crippen LogP contribution in [0.4, 0.5) is 0 Å². The topological polar surface area (TPSA) is 3.88 Å². The van der Waals surface area contributed by atoms with E-state index in [2.05, 4.69) is 5.92 Å². The molecule has 0 saturated carbocycles. The Bertz CT molecular complexity index is 481. The maximum absolute atomic E-state index is 5.86. The summed E-state index contributed by atoms with van der Waals surface area (Å²) < 4.78 is 3.21. The van der Waals surface area contributed by atoms with Crippen LogP contribution >= 0.6 is 22.9 Å². The number of thiazole rings is 1. The molecule has 0 unspecified atom stereocenters. The molecule has 1 aromatic heterocycles. The van der Waals surface area contributed by atoms with Crippen LogP contribution in [0.2, 0.25) is 5.02 Å². The molecular weight excluding hydrogens is 202 g/mol. The molecule has 2 rings (SSSR count). The van der Waals surface area contributed by atoms with Crippen molar-refractivity contribution in [2.24, 2.45) is 0 Å². The van der Waals surface area contributed by atoms with Gasteiger partial charge in [-0.25, -0.2) is 0 Å². The fourth-order valence-corrected chi connectivity index (χ4v) is 2.38. The van der Waals surface area contributed by atoms with Gasteiger partial charge in [-0.2, -0.15) is 4.57 Å². The third-order valence-corrected chi connectivity index (χ3v) is 2.98. The van der Waals surface area contributed by atoms with Gasteiger partial charge in [0.25, 0.3) is 0 Å². The van der Waals surface area contributed by atoms with Gasteiger partial charge in [0.2, 0.25) is 17.6 Å². The maximum atomic E-state index is 5.86. The monoisotopic (exact) mass is 208 g/mol. The number of aromatic nitrogens is 1. The van der Waals surface area contributed by atoms with Crippen LogP contribution in [0.5, 0.6) is 0 Å².